The number of aryl methyl sites for hydroxylation is 1. The SMILES string of the molecule is O=C1NC2CCCN(C2)c2nc(OCC34CCCN3CCC4)nc3c(F)c(ncc23)-c2cc(O)cc3ccc(F)c(c23)CCCO1. The third-order valence-electron chi connectivity index (χ3n) is 10.2. The minimum absolute atomic E-state index is 0.0328. The molecule has 5 aliphatic rings. The molecule has 3 fully saturated rings. The van der Waals surface area contributed by atoms with Crippen LogP contribution >= 0.6 is 0 Å². The molecular formula is C34H36F2N6O4. The van der Waals surface area contributed by atoms with Crippen LogP contribution in [0.3, 0.4) is 0 Å². The van der Waals surface area contributed by atoms with E-state index in [2.05, 4.69) is 20.2 Å². The van der Waals surface area contributed by atoms with Crippen LogP contribution < -0.4 is 15.0 Å². The topological polar surface area (TPSA) is 113 Å². The van der Waals surface area contributed by atoms with E-state index in [1.165, 1.54) is 18.2 Å². The first kappa shape index (κ1) is 29.1. The quantitative estimate of drug-likeness (QED) is 0.304. The summed E-state index contributed by atoms with van der Waals surface area (Å²) < 4.78 is 44.1. The van der Waals surface area contributed by atoms with Crippen molar-refractivity contribution in [3.8, 4) is 23.0 Å². The number of pyridine rings is 1. The Morgan fingerprint density at radius 3 is 2.78 bits per heavy atom. The van der Waals surface area contributed by atoms with E-state index in [0.29, 0.717) is 53.7 Å². The molecule has 7 heterocycles. The van der Waals surface area contributed by atoms with Crippen molar-refractivity contribution in [2.24, 2.45) is 0 Å². The van der Waals surface area contributed by atoms with E-state index in [0.717, 1.165) is 51.6 Å². The van der Waals surface area contributed by atoms with Crippen molar-refractivity contribution in [3.05, 3.63) is 47.7 Å². The number of carbonyl (C=O) groups excluding carboxylic acids is 1. The lowest BCUT2D eigenvalue weighted by molar-refractivity contribution is 0.108. The number of piperidine rings is 1. The number of carbonyl (C=O) groups is 1. The first-order chi connectivity index (χ1) is 22.4. The van der Waals surface area contributed by atoms with Gasteiger partial charge in [-0.2, -0.15) is 9.97 Å². The Labute approximate surface area is 264 Å². The van der Waals surface area contributed by atoms with Gasteiger partial charge in [0.2, 0.25) is 0 Å². The number of aromatic hydroxyl groups is 1. The van der Waals surface area contributed by atoms with Gasteiger partial charge in [-0.05, 0) is 99.0 Å². The average Bonchev–Trinajstić information content (AvgIpc) is 3.63. The zero-order valence-corrected chi connectivity index (χ0v) is 25.5. The van der Waals surface area contributed by atoms with Gasteiger partial charge in [-0.15, -0.1) is 0 Å². The lowest BCUT2D eigenvalue weighted by Crippen LogP contribution is -2.48. The van der Waals surface area contributed by atoms with Crippen molar-refractivity contribution in [2.45, 2.75) is 62.9 Å². The number of phenols is 1. The molecule has 6 bridgehead atoms. The van der Waals surface area contributed by atoms with Crippen LogP contribution in [0.25, 0.3) is 32.9 Å². The van der Waals surface area contributed by atoms with Crippen LogP contribution in [0.4, 0.5) is 19.4 Å². The van der Waals surface area contributed by atoms with E-state index in [1.54, 1.807) is 12.3 Å². The number of anilines is 1. The molecule has 3 saturated heterocycles. The molecule has 0 spiro atoms. The molecule has 10 nitrogen and oxygen atoms in total. The highest BCUT2D eigenvalue weighted by molar-refractivity contribution is 6.01. The normalized spacial score (nSPS) is 21.4. The van der Waals surface area contributed by atoms with Gasteiger partial charge in [-0.25, -0.2) is 13.6 Å². The second-order valence-electron chi connectivity index (χ2n) is 13.0. The van der Waals surface area contributed by atoms with Gasteiger partial charge in [0, 0.05) is 30.9 Å². The summed E-state index contributed by atoms with van der Waals surface area (Å²) in [5, 5.41) is 15.0. The Kier molecular flexibility index (Phi) is 7.27. The lowest BCUT2D eigenvalue weighted by Gasteiger charge is -2.34. The van der Waals surface area contributed by atoms with Crippen LogP contribution in [0.5, 0.6) is 11.8 Å². The van der Waals surface area contributed by atoms with Gasteiger partial charge >= 0.3 is 12.1 Å². The van der Waals surface area contributed by atoms with Crippen LogP contribution in [0.15, 0.2) is 30.5 Å². The molecule has 0 saturated carbocycles. The van der Waals surface area contributed by atoms with Crippen molar-refractivity contribution in [3.63, 3.8) is 0 Å². The Hall–Kier alpha value is -4.32. The largest absolute Gasteiger partial charge is 0.508 e. The summed E-state index contributed by atoms with van der Waals surface area (Å²) in [6, 6.07) is 5.66. The Balaban J connectivity index is 1.31. The third-order valence-corrected chi connectivity index (χ3v) is 10.2. The summed E-state index contributed by atoms with van der Waals surface area (Å²) in [5.41, 5.74) is 0.493. The highest BCUT2D eigenvalue weighted by Crippen LogP contribution is 2.41. The van der Waals surface area contributed by atoms with Crippen LogP contribution in [0.2, 0.25) is 0 Å². The van der Waals surface area contributed by atoms with E-state index in [1.807, 2.05) is 4.90 Å². The van der Waals surface area contributed by atoms with Crippen LogP contribution in [-0.4, -0.2) is 82.0 Å². The van der Waals surface area contributed by atoms with Crippen LogP contribution in [0.1, 0.15) is 50.5 Å². The summed E-state index contributed by atoms with van der Waals surface area (Å²) in [5.74, 6) is -0.806. The molecule has 240 valence electrons. The zero-order valence-electron chi connectivity index (χ0n) is 25.5. The second-order valence-corrected chi connectivity index (χ2v) is 13.0. The number of hydrogen-bond acceptors (Lipinski definition) is 9. The lowest BCUT2D eigenvalue weighted by atomic mass is 9.93. The molecule has 2 aromatic heterocycles. The van der Waals surface area contributed by atoms with Crippen LogP contribution in [-0.2, 0) is 11.2 Å². The van der Waals surface area contributed by atoms with E-state index < -0.39 is 17.7 Å². The number of ether oxygens (including phenoxy) is 2. The number of aromatic nitrogens is 3. The van der Waals surface area contributed by atoms with Crippen molar-refractivity contribution >= 4 is 33.6 Å². The molecule has 4 aromatic rings. The number of phenolic OH excluding ortho intramolecular Hbond substituents is 1. The maximum absolute atomic E-state index is 16.9. The van der Waals surface area contributed by atoms with Gasteiger partial charge in [0.1, 0.15) is 35.2 Å². The molecule has 1 amide bonds. The fourth-order valence-electron chi connectivity index (χ4n) is 8.02. The number of rotatable bonds is 3. The van der Waals surface area contributed by atoms with Crippen molar-refractivity contribution in [1.82, 2.24) is 25.2 Å². The second kappa shape index (κ2) is 11.5. The van der Waals surface area contributed by atoms with Gasteiger partial charge in [0.15, 0.2) is 5.82 Å². The predicted molar refractivity (Wildman–Crippen MR) is 168 cm³/mol. The van der Waals surface area contributed by atoms with Crippen molar-refractivity contribution < 1.29 is 28.2 Å². The van der Waals surface area contributed by atoms with E-state index in [4.69, 9.17) is 14.5 Å². The van der Waals surface area contributed by atoms with Gasteiger partial charge in [-0.3, -0.25) is 9.88 Å². The zero-order chi connectivity index (χ0) is 31.4. The molecule has 1 atom stereocenters. The summed E-state index contributed by atoms with van der Waals surface area (Å²) >= 11 is 0. The fraction of sp³-hybridized carbons (Fsp3) is 0.471. The van der Waals surface area contributed by atoms with Crippen LogP contribution in [0, 0.1) is 11.6 Å². The number of alkyl carbamates (subject to hydrolysis) is 1. The highest BCUT2D eigenvalue weighted by atomic mass is 19.1. The van der Waals surface area contributed by atoms with Gasteiger partial charge in [-0.1, -0.05) is 6.07 Å². The molecule has 2 N–H and O–H groups in total. The standard InChI is InChI=1S/C34H36F2N6O4/c35-26-8-7-20-15-22(43)16-24-27(20)23(26)6-2-14-45-33(44)38-21-5-1-11-41(18-21)31-25-17-37-29(24)28(36)30(25)39-32(40-31)46-19-34-9-3-12-42(34)13-4-10-34/h7-8,15-17,21,43H,1-6,9-14,18-19H2,(H,38,44). The summed E-state index contributed by atoms with van der Waals surface area (Å²) in [6.07, 6.45) is 7.40. The fourth-order valence-corrected chi connectivity index (χ4v) is 8.02. The van der Waals surface area contributed by atoms with Gasteiger partial charge in [0.05, 0.1) is 17.5 Å². The molecule has 0 radical (unpaired) electrons. The number of nitrogens with one attached hydrogen (secondary N) is 1. The summed E-state index contributed by atoms with van der Waals surface area (Å²) in [6.45, 7) is 3.65. The number of fused-ring (bicyclic) bond motifs is 7. The molecule has 46 heavy (non-hydrogen) atoms. The molecule has 5 aliphatic heterocycles. The highest BCUT2D eigenvalue weighted by Gasteiger charge is 2.45. The van der Waals surface area contributed by atoms with Crippen molar-refractivity contribution in [1.29, 1.82) is 0 Å². The summed E-state index contributed by atoms with van der Waals surface area (Å²) in [4.78, 5) is 31.2. The smallest absolute Gasteiger partial charge is 0.407 e. The molecule has 12 heteroatoms. The first-order valence-electron chi connectivity index (χ1n) is 16.3. The minimum Gasteiger partial charge on any atom is -0.508 e. The number of nitrogens with zero attached hydrogens (tertiary/aromatic N) is 5. The Morgan fingerprint density at radius 2 is 1.93 bits per heavy atom. The maximum atomic E-state index is 16.9. The molecule has 0 aliphatic carbocycles. The number of hydrogen-bond donors (Lipinski definition) is 2. The molecule has 1 unspecified atom stereocenters. The minimum atomic E-state index is -0.704. The molecule has 2 aromatic carbocycles. The third kappa shape index (κ3) is 5.03. The Bertz CT molecular complexity index is 1840. The summed E-state index contributed by atoms with van der Waals surface area (Å²) in [7, 11) is 0. The monoisotopic (exact) mass is 630 g/mol. The Morgan fingerprint density at radius 1 is 1.09 bits per heavy atom. The van der Waals surface area contributed by atoms with Gasteiger partial charge in [0.25, 0.3) is 0 Å². The average molecular weight is 631 g/mol. The maximum Gasteiger partial charge on any atom is 0.407 e. The van der Waals surface area contributed by atoms with E-state index in [9.17, 15) is 9.90 Å². The predicted octanol–water partition coefficient (Wildman–Crippen LogP) is 5.48. The number of benzene rings is 2. The first-order valence-corrected chi connectivity index (χ1v) is 16.3. The van der Waals surface area contributed by atoms with E-state index >= 15 is 8.78 Å². The van der Waals surface area contributed by atoms with Crippen molar-refractivity contribution in [2.75, 3.05) is 44.3 Å². The van der Waals surface area contributed by atoms with E-state index in [-0.39, 0.29) is 53.1 Å². The molecule has 9 rings (SSSR count). The molecular weight excluding hydrogens is 594 g/mol. The number of halogens is 2. The number of amides is 1. The van der Waals surface area contributed by atoms with Gasteiger partial charge < -0.3 is 24.8 Å².